The fourth-order valence-corrected chi connectivity index (χ4v) is 3.89. The first-order valence-electron chi connectivity index (χ1n) is 9.99. The van der Waals surface area contributed by atoms with Gasteiger partial charge in [-0.3, -0.25) is 4.79 Å². The highest BCUT2D eigenvalue weighted by atomic mass is 19.1. The molecule has 152 valence electrons. The largest absolute Gasteiger partial charge is 0.492 e. The van der Waals surface area contributed by atoms with Gasteiger partial charge in [0, 0.05) is 18.9 Å². The van der Waals surface area contributed by atoms with Crippen molar-refractivity contribution in [3.63, 3.8) is 0 Å². The average molecular weight is 398 g/mol. The van der Waals surface area contributed by atoms with Crippen LogP contribution < -0.4 is 15.0 Å². The van der Waals surface area contributed by atoms with E-state index in [4.69, 9.17) is 4.74 Å². The number of fused-ring (bicyclic) bond motifs is 1. The summed E-state index contributed by atoms with van der Waals surface area (Å²) in [5, 5.41) is 11.3. The zero-order valence-corrected chi connectivity index (χ0v) is 16.4. The third kappa shape index (κ3) is 4.37. The van der Waals surface area contributed by atoms with Crippen molar-refractivity contribution in [3.05, 3.63) is 48.3 Å². The zero-order valence-electron chi connectivity index (χ0n) is 16.4. The number of rotatable bonds is 6. The van der Waals surface area contributed by atoms with Crippen molar-refractivity contribution in [1.29, 1.82) is 0 Å². The highest BCUT2D eigenvalue weighted by molar-refractivity contribution is 5.92. The van der Waals surface area contributed by atoms with Gasteiger partial charge in [0.2, 0.25) is 0 Å². The maximum Gasteiger partial charge on any atom is 0.279 e. The van der Waals surface area contributed by atoms with Crippen LogP contribution in [0.2, 0.25) is 0 Å². The Labute approximate surface area is 168 Å². The maximum atomic E-state index is 13.4. The van der Waals surface area contributed by atoms with Crippen LogP contribution in [-0.4, -0.2) is 47.1 Å². The summed E-state index contributed by atoms with van der Waals surface area (Å²) in [7, 11) is 0. The Kier molecular flexibility index (Phi) is 5.71. The lowest BCUT2D eigenvalue weighted by molar-refractivity contribution is -0.897. The molecule has 2 N–H and O–H groups in total. The fraction of sp³-hybridized carbons (Fsp3) is 0.381. The molecule has 1 fully saturated rings. The van der Waals surface area contributed by atoms with E-state index in [-0.39, 0.29) is 17.8 Å². The number of piperidine rings is 1. The number of nitrogens with zero attached hydrogens (tertiary/aromatic N) is 3. The fourth-order valence-electron chi connectivity index (χ4n) is 3.89. The molecule has 2 aromatic carbocycles. The normalized spacial score (nSPS) is 19.2. The number of quaternary nitrogens is 1. The van der Waals surface area contributed by atoms with Crippen LogP contribution >= 0.6 is 0 Å². The SMILES string of the molecule is CCOc1ccccc1NC(=O)C[NH+]1CCC(n2nnc3cc(F)ccc32)CC1. The van der Waals surface area contributed by atoms with Crippen molar-refractivity contribution in [2.24, 2.45) is 0 Å². The summed E-state index contributed by atoms with van der Waals surface area (Å²) in [6, 6.07) is 12.3. The van der Waals surface area contributed by atoms with E-state index < -0.39 is 0 Å². The average Bonchev–Trinajstić information content (AvgIpc) is 3.13. The second kappa shape index (κ2) is 8.57. The summed E-state index contributed by atoms with van der Waals surface area (Å²) in [4.78, 5) is 13.7. The quantitative estimate of drug-likeness (QED) is 0.665. The van der Waals surface area contributed by atoms with Gasteiger partial charge in [0.15, 0.2) is 6.54 Å². The van der Waals surface area contributed by atoms with E-state index >= 15 is 0 Å². The number of carbonyl (C=O) groups excluding carboxylic acids is 1. The minimum atomic E-state index is -0.305. The third-order valence-corrected chi connectivity index (χ3v) is 5.31. The van der Waals surface area contributed by atoms with Crippen molar-refractivity contribution in [2.45, 2.75) is 25.8 Å². The van der Waals surface area contributed by atoms with E-state index in [9.17, 15) is 9.18 Å². The molecule has 7 nitrogen and oxygen atoms in total. The number of benzene rings is 2. The number of nitrogens with one attached hydrogen (secondary N) is 2. The summed E-state index contributed by atoms with van der Waals surface area (Å²) >= 11 is 0. The Balaban J connectivity index is 1.33. The Morgan fingerprint density at radius 3 is 2.86 bits per heavy atom. The lowest BCUT2D eigenvalue weighted by Gasteiger charge is -2.29. The van der Waals surface area contributed by atoms with E-state index in [0.29, 0.717) is 30.1 Å². The zero-order chi connectivity index (χ0) is 20.2. The van der Waals surface area contributed by atoms with Crippen LogP contribution in [0.4, 0.5) is 10.1 Å². The molecule has 0 bridgehead atoms. The number of ether oxygens (including phenoxy) is 1. The van der Waals surface area contributed by atoms with E-state index in [0.717, 1.165) is 31.4 Å². The molecular formula is C21H25FN5O2+. The molecule has 0 saturated carbocycles. The van der Waals surface area contributed by atoms with Crippen LogP contribution in [0.1, 0.15) is 25.8 Å². The molecule has 1 amide bonds. The van der Waals surface area contributed by atoms with Gasteiger partial charge in [0.25, 0.3) is 5.91 Å². The Hall–Kier alpha value is -3.00. The first kappa shape index (κ1) is 19.3. The van der Waals surface area contributed by atoms with Gasteiger partial charge in [-0.1, -0.05) is 17.3 Å². The standard InChI is InChI=1S/C21H24FN5O2/c1-2-29-20-6-4-3-5-17(20)23-21(28)14-26-11-9-16(10-12-26)27-19-8-7-15(22)13-18(19)24-25-27/h3-8,13,16H,2,9-12,14H2,1H3,(H,23,28)/p+1. The van der Waals surface area contributed by atoms with Crippen LogP contribution in [0, 0.1) is 5.82 Å². The monoisotopic (exact) mass is 398 g/mol. The van der Waals surface area contributed by atoms with Gasteiger partial charge in [0.1, 0.15) is 17.1 Å². The van der Waals surface area contributed by atoms with Gasteiger partial charge in [-0.15, -0.1) is 5.10 Å². The number of carbonyl (C=O) groups is 1. The molecule has 1 aliphatic rings. The molecular weight excluding hydrogens is 373 g/mol. The van der Waals surface area contributed by atoms with Gasteiger partial charge < -0.3 is 15.0 Å². The molecule has 29 heavy (non-hydrogen) atoms. The summed E-state index contributed by atoms with van der Waals surface area (Å²) in [6.45, 7) is 4.62. The number of halogens is 1. The van der Waals surface area contributed by atoms with Crippen LogP contribution in [0.25, 0.3) is 11.0 Å². The van der Waals surface area contributed by atoms with E-state index in [1.807, 2.05) is 35.9 Å². The minimum Gasteiger partial charge on any atom is -0.492 e. The van der Waals surface area contributed by atoms with Gasteiger partial charge in [0.05, 0.1) is 36.9 Å². The molecule has 0 aliphatic carbocycles. The smallest absolute Gasteiger partial charge is 0.279 e. The summed E-state index contributed by atoms with van der Waals surface area (Å²) < 4.78 is 20.8. The molecule has 0 unspecified atom stereocenters. The molecule has 1 aromatic heterocycles. The molecule has 0 radical (unpaired) electrons. The number of likely N-dealkylation sites (tertiary alicyclic amines) is 1. The number of anilines is 1. The molecule has 0 atom stereocenters. The van der Waals surface area contributed by atoms with Gasteiger partial charge in [-0.05, 0) is 31.2 Å². The maximum absolute atomic E-state index is 13.4. The third-order valence-electron chi connectivity index (χ3n) is 5.31. The van der Waals surface area contributed by atoms with Crippen molar-refractivity contribution in [3.8, 4) is 5.75 Å². The van der Waals surface area contributed by atoms with Crippen molar-refractivity contribution >= 4 is 22.6 Å². The number of hydrogen-bond acceptors (Lipinski definition) is 4. The molecule has 2 heterocycles. The molecule has 1 saturated heterocycles. The molecule has 8 heteroatoms. The molecule has 4 rings (SSSR count). The van der Waals surface area contributed by atoms with Crippen molar-refractivity contribution in [1.82, 2.24) is 15.0 Å². The minimum absolute atomic E-state index is 0.0210. The van der Waals surface area contributed by atoms with Crippen LogP contribution in [0.15, 0.2) is 42.5 Å². The van der Waals surface area contributed by atoms with Crippen molar-refractivity contribution in [2.75, 3.05) is 31.6 Å². The Morgan fingerprint density at radius 2 is 2.07 bits per heavy atom. The summed E-state index contributed by atoms with van der Waals surface area (Å²) in [5.74, 6) is 0.361. The van der Waals surface area contributed by atoms with Gasteiger partial charge >= 0.3 is 0 Å². The van der Waals surface area contributed by atoms with Crippen LogP contribution in [0.3, 0.4) is 0 Å². The lowest BCUT2D eigenvalue weighted by atomic mass is 10.0. The Morgan fingerprint density at radius 1 is 1.28 bits per heavy atom. The second-order valence-electron chi connectivity index (χ2n) is 7.30. The second-order valence-corrected chi connectivity index (χ2v) is 7.30. The highest BCUT2D eigenvalue weighted by Gasteiger charge is 2.27. The summed E-state index contributed by atoms with van der Waals surface area (Å²) in [6.07, 6.45) is 1.79. The number of hydrogen-bond donors (Lipinski definition) is 2. The molecule has 1 aliphatic heterocycles. The van der Waals surface area contributed by atoms with Gasteiger partial charge in [-0.2, -0.15) is 0 Å². The first-order chi connectivity index (χ1) is 14.1. The van der Waals surface area contributed by atoms with E-state index in [2.05, 4.69) is 15.6 Å². The van der Waals surface area contributed by atoms with Crippen LogP contribution in [-0.2, 0) is 4.79 Å². The van der Waals surface area contributed by atoms with Crippen molar-refractivity contribution < 1.29 is 18.8 Å². The van der Waals surface area contributed by atoms with Gasteiger partial charge in [-0.25, -0.2) is 9.07 Å². The molecule has 3 aromatic rings. The topological polar surface area (TPSA) is 73.5 Å². The first-order valence-corrected chi connectivity index (χ1v) is 9.99. The number of para-hydroxylation sites is 2. The predicted octanol–water partition coefficient (Wildman–Crippen LogP) is 1.83. The number of aromatic nitrogens is 3. The summed E-state index contributed by atoms with van der Waals surface area (Å²) in [5.41, 5.74) is 2.13. The molecule has 0 spiro atoms. The lowest BCUT2D eigenvalue weighted by Crippen LogP contribution is -3.14. The highest BCUT2D eigenvalue weighted by Crippen LogP contribution is 2.24. The van der Waals surface area contributed by atoms with E-state index in [1.54, 1.807) is 6.07 Å². The van der Waals surface area contributed by atoms with E-state index in [1.165, 1.54) is 17.0 Å². The number of amides is 1. The Bertz CT molecular complexity index is 998. The van der Waals surface area contributed by atoms with Crippen LogP contribution in [0.5, 0.6) is 5.75 Å². The predicted molar refractivity (Wildman–Crippen MR) is 108 cm³/mol.